The van der Waals surface area contributed by atoms with E-state index in [-0.39, 0.29) is 22.8 Å². The zero-order valence-corrected chi connectivity index (χ0v) is 19.7. The normalized spacial score (nSPS) is 17.5. The van der Waals surface area contributed by atoms with Crippen molar-refractivity contribution in [3.05, 3.63) is 53.6 Å². The second kappa shape index (κ2) is 8.75. The van der Waals surface area contributed by atoms with E-state index in [9.17, 15) is 13.2 Å². The molecular weight excluding hydrogens is 426 g/mol. The van der Waals surface area contributed by atoms with Crippen LogP contribution in [0.15, 0.2) is 47.4 Å². The number of nitrogens with one attached hydrogen (secondary N) is 1. The number of hydrogen-bond acceptors (Lipinski definition) is 5. The molecule has 2 aromatic carbocycles. The average Bonchev–Trinajstić information content (AvgIpc) is 3.39. The van der Waals surface area contributed by atoms with Crippen molar-refractivity contribution in [1.29, 1.82) is 0 Å². The molecule has 0 spiro atoms. The molecule has 2 aliphatic rings. The summed E-state index contributed by atoms with van der Waals surface area (Å²) in [5.74, 6) is 0.826. The number of carbonyl (C=O) groups is 1. The van der Waals surface area contributed by atoms with Gasteiger partial charge in [0.2, 0.25) is 15.9 Å². The first-order chi connectivity index (χ1) is 15.2. The predicted octanol–water partition coefficient (Wildman–Crippen LogP) is 2.89. The Kier molecular flexibility index (Phi) is 6.18. The molecule has 172 valence electrons. The number of benzene rings is 2. The van der Waals surface area contributed by atoms with E-state index >= 15 is 0 Å². The summed E-state index contributed by atoms with van der Waals surface area (Å²) in [7, 11) is -2.11. The maximum atomic E-state index is 13.0. The lowest BCUT2D eigenvalue weighted by Crippen LogP contribution is -2.40. The molecule has 0 aliphatic carbocycles. The van der Waals surface area contributed by atoms with Crippen LogP contribution in [0.25, 0.3) is 0 Å². The van der Waals surface area contributed by atoms with Gasteiger partial charge in [0.25, 0.3) is 0 Å². The number of methoxy groups -OCH3 is 1. The van der Waals surface area contributed by atoms with Gasteiger partial charge in [-0.25, -0.2) is 13.1 Å². The number of amides is 1. The quantitative estimate of drug-likeness (QED) is 0.692. The molecule has 2 aromatic rings. The van der Waals surface area contributed by atoms with Gasteiger partial charge >= 0.3 is 0 Å². The third-order valence-electron chi connectivity index (χ3n) is 6.32. The fourth-order valence-corrected chi connectivity index (χ4v) is 5.61. The van der Waals surface area contributed by atoms with Crippen molar-refractivity contribution >= 4 is 21.6 Å². The molecule has 1 fully saturated rings. The van der Waals surface area contributed by atoms with Crippen LogP contribution in [0.1, 0.15) is 37.8 Å². The third-order valence-corrected chi connectivity index (χ3v) is 7.72. The maximum absolute atomic E-state index is 13.0. The zero-order chi connectivity index (χ0) is 22.9. The number of rotatable bonds is 7. The van der Waals surface area contributed by atoms with Crippen LogP contribution in [0.5, 0.6) is 5.75 Å². The van der Waals surface area contributed by atoms with Gasteiger partial charge in [0, 0.05) is 37.3 Å². The molecule has 4 rings (SSSR count). The van der Waals surface area contributed by atoms with Crippen molar-refractivity contribution in [2.75, 3.05) is 38.2 Å². The Balaban J connectivity index is 1.52. The van der Waals surface area contributed by atoms with Gasteiger partial charge in [0.15, 0.2) is 0 Å². The maximum Gasteiger partial charge on any atom is 0.242 e. The SMILES string of the molecule is COc1cccc(CNS(=O)(=O)c2ccc3c(c2)C(C)(C)CN3CC(=O)N2CCCC2)c1. The Morgan fingerprint density at radius 2 is 1.88 bits per heavy atom. The lowest BCUT2D eigenvalue weighted by Gasteiger charge is -2.24. The molecule has 1 amide bonds. The zero-order valence-electron chi connectivity index (χ0n) is 18.9. The third kappa shape index (κ3) is 4.61. The number of hydrogen-bond donors (Lipinski definition) is 1. The molecule has 0 aromatic heterocycles. The summed E-state index contributed by atoms with van der Waals surface area (Å²) in [6.45, 7) is 7.03. The molecule has 1 saturated heterocycles. The fraction of sp³-hybridized carbons (Fsp3) is 0.458. The number of carbonyl (C=O) groups excluding carboxylic acids is 1. The lowest BCUT2D eigenvalue weighted by atomic mass is 9.87. The van der Waals surface area contributed by atoms with Crippen LogP contribution < -0.4 is 14.4 Å². The van der Waals surface area contributed by atoms with Crippen LogP contribution in [0, 0.1) is 0 Å². The summed E-state index contributed by atoms with van der Waals surface area (Å²) in [5, 5.41) is 0. The minimum atomic E-state index is -3.69. The van der Waals surface area contributed by atoms with Crippen molar-refractivity contribution in [3.8, 4) is 5.75 Å². The highest BCUT2D eigenvalue weighted by Crippen LogP contribution is 2.41. The Labute approximate surface area is 190 Å². The van der Waals surface area contributed by atoms with Gasteiger partial charge in [-0.05, 0) is 54.3 Å². The van der Waals surface area contributed by atoms with Crippen molar-refractivity contribution in [3.63, 3.8) is 0 Å². The van der Waals surface area contributed by atoms with Gasteiger partial charge in [0.05, 0.1) is 18.6 Å². The number of sulfonamides is 1. The number of nitrogens with zero attached hydrogens (tertiary/aromatic N) is 2. The Bertz CT molecular complexity index is 1110. The van der Waals surface area contributed by atoms with Crippen molar-refractivity contribution in [2.45, 2.75) is 43.5 Å². The largest absolute Gasteiger partial charge is 0.497 e. The molecule has 32 heavy (non-hydrogen) atoms. The number of anilines is 1. The molecule has 8 heteroatoms. The van der Waals surface area contributed by atoms with E-state index in [2.05, 4.69) is 23.5 Å². The number of ether oxygens (including phenoxy) is 1. The Morgan fingerprint density at radius 1 is 1.12 bits per heavy atom. The number of fused-ring (bicyclic) bond motifs is 1. The van der Waals surface area contributed by atoms with E-state index in [1.165, 1.54) is 0 Å². The average molecular weight is 458 g/mol. The summed E-state index contributed by atoms with van der Waals surface area (Å²) in [6.07, 6.45) is 2.13. The topological polar surface area (TPSA) is 79.0 Å². The van der Waals surface area contributed by atoms with Crippen LogP contribution in [0.2, 0.25) is 0 Å². The van der Waals surface area contributed by atoms with E-state index in [4.69, 9.17) is 4.74 Å². The van der Waals surface area contributed by atoms with E-state index in [0.29, 0.717) is 18.8 Å². The van der Waals surface area contributed by atoms with Gasteiger partial charge in [-0.3, -0.25) is 4.79 Å². The molecule has 7 nitrogen and oxygen atoms in total. The molecular formula is C24H31N3O4S. The number of likely N-dealkylation sites (tertiary alicyclic amines) is 1. The highest BCUT2D eigenvalue weighted by Gasteiger charge is 2.37. The van der Waals surface area contributed by atoms with Gasteiger partial charge in [0.1, 0.15) is 5.75 Å². The summed E-state index contributed by atoms with van der Waals surface area (Å²) in [5.41, 5.74) is 2.46. The second-order valence-corrected chi connectivity index (χ2v) is 10.9. The summed E-state index contributed by atoms with van der Waals surface area (Å²) >= 11 is 0. The molecule has 0 atom stereocenters. The van der Waals surface area contributed by atoms with Crippen LogP contribution in [-0.4, -0.2) is 52.5 Å². The first kappa shape index (κ1) is 22.6. The molecule has 1 N–H and O–H groups in total. The van der Waals surface area contributed by atoms with E-state index in [1.54, 1.807) is 19.2 Å². The minimum absolute atomic E-state index is 0.141. The van der Waals surface area contributed by atoms with Crippen molar-refractivity contribution in [1.82, 2.24) is 9.62 Å². The molecule has 0 saturated carbocycles. The smallest absolute Gasteiger partial charge is 0.242 e. The van der Waals surface area contributed by atoms with Crippen LogP contribution in [0.3, 0.4) is 0 Å². The first-order valence-electron chi connectivity index (χ1n) is 11.0. The van der Waals surface area contributed by atoms with Gasteiger partial charge in [-0.2, -0.15) is 0 Å². The van der Waals surface area contributed by atoms with E-state index in [1.807, 2.05) is 35.2 Å². The van der Waals surface area contributed by atoms with Crippen LogP contribution >= 0.6 is 0 Å². The van der Waals surface area contributed by atoms with Crippen LogP contribution in [-0.2, 0) is 26.8 Å². The Hall–Kier alpha value is -2.58. The lowest BCUT2D eigenvalue weighted by molar-refractivity contribution is -0.128. The van der Waals surface area contributed by atoms with Gasteiger partial charge in [-0.15, -0.1) is 0 Å². The van der Waals surface area contributed by atoms with Crippen molar-refractivity contribution in [2.24, 2.45) is 0 Å². The van der Waals surface area contributed by atoms with Crippen molar-refractivity contribution < 1.29 is 17.9 Å². The molecule has 2 aliphatic heterocycles. The van der Waals surface area contributed by atoms with E-state index < -0.39 is 10.0 Å². The first-order valence-corrected chi connectivity index (χ1v) is 12.5. The summed E-state index contributed by atoms with van der Waals surface area (Å²) in [6, 6.07) is 12.5. The van der Waals surface area contributed by atoms with Gasteiger partial charge in [-0.1, -0.05) is 26.0 Å². The van der Waals surface area contributed by atoms with E-state index in [0.717, 1.165) is 42.7 Å². The molecule has 2 heterocycles. The molecule has 0 bridgehead atoms. The second-order valence-electron chi connectivity index (χ2n) is 9.18. The summed E-state index contributed by atoms with van der Waals surface area (Å²) in [4.78, 5) is 16.9. The van der Waals surface area contributed by atoms with Gasteiger partial charge < -0.3 is 14.5 Å². The summed E-state index contributed by atoms with van der Waals surface area (Å²) < 4.78 is 33.9. The molecule has 0 radical (unpaired) electrons. The fourth-order valence-electron chi connectivity index (χ4n) is 4.56. The minimum Gasteiger partial charge on any atom is -0.497 e. The van der Waals surface area contributed by atoms with Crippen LogP contribution in [0.4, 0.5) is 5.69 Å². The Morgan fingerprint density at radius 3 is 2.59 bits per heavy atom. The standard InChI is InChI=1S/C24H31N3O4S/c1-24(2)17-27(16-23(28)26-11-4-5-12-26)22-10-9-20(14-21(22)24)32(29,30)25-15-18-7-6-8-19(13-18)31-3/h6-10,13-14,25H,4-5,11-12,15-17H2,1-3H3. The monoisotopic (exact) mass is 457 g/mol. The predicted molar refractivity (Wildman–Crippen MR) is 125 cm³/mol. The highest BCUT2D eigenvalue weighted by molar-refractivity contribution is 7.89. The highest BCUT2D eigenvalue weighted by atomic mass is 32.2. The molecule has 0 unspecified atom stereocenters.